The van der Waals surface area contributed by atoms with Gasteiger partial charge in [-0.2, -0.15) is 8.42 Å². The van der Waals surface area contributed by atoms with Crippen LogP contribution in [0, 0.1) is 6.92 Å². The van der Waals surface area contributed by atoms with E-state index in [2.05, 4.69) is 6.92 Å². The molecule has 7 nitrogen and oxygen atoms in total. The Kier molecular flexibility index (Phi) is 9.26. The molecule has 1 aliphatic heterocycles. The summed E-state index contributed by atoms with van der Waals surface area (Å²) in [6.07, 6.45) is -0.327. The van der Waals surface area contributed by atoms with E-state index in [1.54, 1.807) is 26.0 Å². The zero-order valence-corrected chi connectivity index (χ0v) is 21.2. The Morgan fingerprint density at radius 3 is 2.32 bits per heavy atom. The minimum atomic E-state index is -4.02. The zero-order chi connectivity index (χ0) is 24.8. The minimum absolute atomic E-state index is 0.0396. The third-order valence-electron chi connectivity index (χ3n) is 5.76. The van der Waals surface area contributed by atoms with E-state index in [0.29, 0.717) is 6.61 Å². The lowest BCUT2D eigenvalue weighted by Gasteiger charge is -2.29. The highest BCUT2D eigenvalue weighted by Crippen LogP contribution is 2.35. The fourth-order valence-electron chi connectivity index (χ4n) is 3.95. The molecule has 3 rings (SSSR count). The van der Waals surface area contributed by atoms with Gasteiger partial charge in [0.15, 0.2) is 5.79 Å². The Balaban J connectivity index is 1.71. The molecule has 2 aromatic carbocycles. The van der Waals surface area contributed by atoms with Gasteiger partial charge in [-0.25, -0.2) is 0 Å². The number of benzene rings is 2. The molecule has 1 heterocycles. The fraction of sp³-hybridized carbons (Fsp3) is 0.538. The van der Waals surface area contributed by atoms with Gasteiger partial charge in [0.25, 0.3) is 10.1 Å². The maximum absolute atomic E-state index is 12.6. The van der Waals surface area contributed by atoms with Crippen molar-refractivity contribution in [2.24, 2.45) is 0 Å². The maximum Gasteiger partial charge on any atom is 0.297 e. The molecule has 0 unspecified atom stereocenters. The first kappa shape index (κ1) is 26.8. The van der Waals surface area contributed by atoms with Gasteiger partial charge in [-0.05, 0) is 44.9 Å². The molecular weight excluding hydrogens is 456 g/mol. The molecule has 1 saturated heterocycles. The molecule has 0 radical (unpaired) electrons. The molecule has 0 aromatic heterocycles. The van der Waals surface area contributed by atoms with Crippen molar-refractivity contribution in [1.82, 2.24) is 0 Å². The number of aryl methyl sites for hydroxylation is 1. The largest absolute Gasteiger partial charge is 0.388 e. The van der Waals surface area contributed by atoms with Crippen LogP contribution in [-0.2, 0) is 35.1 Å². The number of aliphatic hydroxyl groups excluding tert-OH is 1. The van der Waals surface area contributed by atoms with Crippen LogP contribution in [0.25, 0.3) is 0 Å². The quantitative estimate of drug-likeness (QED) is 0.440. The predicted octanol–water partition coefficient (Wildman–Crippen LogP) is 4.36. The Bertz CT molecular complexity index is 990. The van der Waals surface area contributed by atoms with Crippen molar-refractivity contribution in [2.45, 2.75) is 88.7 Å². The monoisotopic (exact) mass is 492 g/mol. The standard InChI is InChI=1S/C26H36O7S/c1-5-6-12-23(30-17-20-10-8-7-9-11-20)25-24(32-26(3,4)33-25)22(27)18-31-34(28,29)21-15-13-19(2)14-16-21/h7-11,13-16,22-25,27H,5-6,12,17-18H2,1-4H3/t22-,23+,24-,25-/m1/s1. The molecule has 1 fully saturated rings. The molecule has 2 aromatic rings. The summed E-state index contributed by atoms with van der Waals surface area (Å²) in [6, 6.07) is 16.2. The van der Waals surface area contributed by atoms with Crippen molar-refractivity contribution < 1.29 is 31.9 Å². The van der Waals surface area contributed by atoms with Gasteiger partial charge in [-0.1, -0.05) is 67.8 Å². The van der Waals surface area contributed by atoms with Gasteiger partial charge >= 0.3 is 0 Å². The van der Waals surface area contributed by atoms with Gasteiger partial charge in [0.1, 0.15) is 18.3 Å². The first-order chi connectivity index (χ1) is 16.1. The number of unbranched alkanes of at least 4 members (excludes halogenated alkanes) is 1. The third-order valence-corrected chi connectivity index (χ3v) is 7.06. The van der Waals surface area contributed by atoms with Crippen molar-refractivity contribution >= 4 is 10.1 Å². The zero-order valence-electron chi connectivity index (χ0n) is 20.3. The van der Waals surface area contributed by atoms with Gasteiger partial charge in [-0.3, -0.25) is 4.18 Å². The summed E-state index contributed by atoms with van der Waals surface area (Å²) in [5.41, 5.74) is 1.97. The van der Waals surface area contributed by atoms with Crippen LogP contribution < -0.4 is 0 Å². The van der Waals surface area contributed by atoms with E-state index in [1.807, 2.05) is 37.3 Å². The van der Waals surface area contributed by atoms with Gasteiger partial charge in [0.2, 0.25) is 0 Å². The minimum Gasteiger partial charge on any atom is -0.388 e. The Morgan fingerprint density at radius 1 is 1.03 bits per heavy atom. The smallest absolute Gasteiger partial charge is 0.297 e. The second-order valence-electron chi connectivity index (χ2n) is 9.16. The van der Waals surface area contributed by atoms with Crippen LogP contribution in [0.1, 0.15) is 51.2 Å². The van der Waals surface area contributed by atoms with E-state index in [1.165, 1.54) is 12.1 Å². The Labute approximate surface area is 203 Å². The lowest BCUT2D eigenvalue weighted by atomic mass is 9.99. The molecular formula is C26H36O7S. The number of rotatable bonds is 12. The summed E-state index contributed by atoms with van der Waals surface area (Å²) in [5, 5.41) is 10.9. The van der Waals surface area contributed by atoms with Crippen LogP contribution in [0.3, 0.4) is 0 Å². The van der Waals surface area contributed by atoms with Crippen molar-refractivity contribution in [3.05, 3.63) is 65.7 Å². The second kappa shape index (κ2) is 11.7. The summed E-state index contributed by atoms with van der Waals surface area (Å²) < 4.78 is 48.7. The van der Waals surface area contributed by atoms with E-state index < -0.39 is 40.8 Å². The topological polar surface area (TPSA) is 91.3 Å². The summed E-state index contributed by atoms with van der Waals surface area (Å²) in [6.45, 7) is 7.46. The summed E-state index contributed by atoms with van der Waals surface area (Å²) in [5.74, 6) is -0.952. The van der Waals surface area contributed by atoms with Crippen molar-refractivity contribution in [2.75, 3.05) is 6.61 Å². The first-order valence-electron chi connectivity index (χ1n) is 11.8. The number of ether oxygens (including phenoxy) is 3. The summed E-state index contributed by atoms with van der Waals surface area (Å²) >= 11 is 0. The van der Waals surface area contributed by atoms with Crippen LogP contribution in [0.5, 0.6) is 0 Å². The van der Waals surface area contributed by atoms with Crippen LogP contribution in [0.2, 0.25) is 0 Å². The SMILES string of the molecule is CCCC[C@H](OCc1ccccc1)[C@H]1OC(C)(C)O[C@@H]1[C@H](O)COS(=O)(=O)c1ccc(C)cc1. The van der Waals surface area contributed by atoms with Crippen molar-refractivity contribution in [1.29, 1.82) is 0 Å². The summed E-state index contributed by atoms with van der Waals surface area (Å²) in [7, 11) is -4.02. The van der Waals surface area contributed by atoms with Crippen LogP contribution in [0.4, 0.5) is 0 Å². The first-order valence-corrected chi connectivity index (χ1v) is 13.2. The number of aliphatic hydroxyl groups is 1. The van der Waals surface area contributed by atoms with Crippen LogP contribution >= 0.6 is 0 Å². The lowest BCUT2D eigenvalue weighted by molar-refractivity contribution is -0.165. The molecule has 0 bridgehead atoms. The fourth-order valence-corrected chi connectivity index (χ4v) is 4.88. The van der Waals surface area contributed by atoms with Crippen molar-refractivity contribution in [3.63, 3.8) is 0 Å². The third kappa shape index (κ3) is 7.34. The van der Waals surface area contributed by atoms with E-state index in [-0.39, 0.29) is 11.0 Å². The second-order valence-corrected chi connectivity index (χ2v) is 10.8. The molecule has 0 amide bonds. The highest BCUT2D eigenvalue weighted by atomic mass is 32.2. The van der Waals surface area contributed by atoms with Gasteiger partial charge in [0.05, 0.1) is 24.2 Å². The highest BCUT2D eigenvalue weighted by Gasteiger charge is 2.48. The Morgan fingerprint density at radius 2 is 1.68 bits per heavy atom. The molecule has 1 N–H and O–H groups in total. The average molecular weight is 493 g/mol. The van der Waals surface area contributed by atoms with Crippen LogP contribution in [-0.4, -0.2) is 50.3 Å². The van der Waals surface area contributed by atoms with Crippen LogP contribution in [0.15, 0.2) is 59.5 Å². The van der Waals surface area contributed by atoms with Gasteiger partial charge in [0, 0.05) is 0 Å². The summed E-state index contributed by atoms with van der Waals surface area (Å²) in [4.78, 5) is 0.0396. The highest BCUT2D eigenvalue weighted by molar-refractivity contribution is 7.86. The van der Waals surface area contributed by atoms with E-state index >= 15 is 0 Å². The molecule has 0 spiro atoms. The van der Waals surface area contributed by atoms with E-state index in [0.717, 1.165) is 30.4 Å². The van der Waals surface area contributed by atoms with E-state index in [9.17, 15) is 13.5 Å². The number of hydrogen-bond acceptors (Lipinski definition) is 7. The molecule has 1 aliphatic rings. The molecule has 0 aliphatic carbocycles. The van der Waals surface area contributed by atoms with Gasteiger partial charge < -0.3 is 19.3 Å². The average Bonchev–Trinajstić information content (AvgIpc) is 3.14. The van der Waals surface area contributed by atoms with Gasteiger partial charge in [-0.15, -0.1) is 0 Å². The Hall–Kier alpha value is -1.81. The van der Waals surface area contributed by atoms with E-state index in [4.69, 9.17) is 18.4 Å². The normalized spacial score (nSPS) is 21.9. The molecule has 34 heavy (non-hydrogen) atoms. The maximum atomic E-state index is 12.6. The van der Waals surface area contributed by atoms with Crippen molar-refractivity contribution in [3.8, 4) is 0 Å². The lowest BCUT2D eigenvalue weighted by Crippen LogP contribution is -2.45. The predicted molar refractivity (Wildman–Crippen MR) is 129 cm³/mol. The molecule has 4 atom stereocenters. The molecule has 8 heteroatoms. The number of hydrogen-bond donors (Lipinski definition) is 1. The molecule has 0 saturated carbocycles. The molecule has 188 valence electrons.